The van der Waals surface area contributed by atoms with E-state index in [-0.39, 0.29) is 5.54 Å². The molecule has 1 heterocycles. The lowest BCUT2D eigenvalue weighted by Gasteiger charge is -2.40. The Morgan fingerprint density at radius 3 is 2.55 bits per heavy atom. The molecular formula is C17H19F2N3. The van der Waals surface area contributed by atoms with Crippen molar-refractivity contribution in [3.05, 3.63) is 59.7 Å². The lowest BCUT2D eigenvalue weighted by molar-refractivity contribution is 0.122. The van der Waals surface area contributed by atoms with Crippen LogP contribution in [0, 0.1) is 11.6 Å². The predicted molar refractivity (Wildman–Crippen MR) is 82.9 cm³/mol. The largest absolute Gasteiger partial charge is 0.290 e. The summed E-state index contributed by atoms with van der Waals surface area (Å²) in [4.78, 5) is 2.18. The van der Waals surface area contributed by atoms with Crippen molar-refractivity contribution in [2.45, 2.75) is 12.5 Å². The van der Waals surface area contributed by atoms with E-state index in [1.54, 1.807) is 6.07 Å². The Morgan fingerprint density at radius 1 is 1.05 bits per heavy atom. The third-order valence-electron chi connectivity index (χ3n) is 4.05. The molecule has 1 fully saturated rings. The first-order valence-electron chi connectivity index (χ1n) is 7.22. The summed E-state index contributed by atoms with van der Waals surface area (Å²) >= 11 is 0. The zero-order chi connectivity index (χ0) is 15.7. The van der Waals surface area contributed by atoms with Gasteiger partial charge in [0.1, 0.15) is 0 Å². The maximum atomic E-state index is 13.4. The second-order valence-corrected chi connectivity index (χ2v) is 6.02. The van der Waals surface area contributed by atoms with Crippen LogP contribution in [0.5, 0.6) is 0 Å². The smallest absolute Gasteiger partial charge is 0.159 e. The third-order valence-corrected chi connectivity index (χ3v) is 4.05. The van der Waals surface area contributed by atoms with Crippen LogP contribution < -0.4 is 10.9 Å². The molecule has 5 heteroatoms. The quantitative estimate of drug-likeness (QED) is 0.893. The number of halogens is 2. The van der Waals surface area contributed by atoms with E-state index in [0.29, 0.717) is 5.56 Å². The van der Waals surface area contributed by atoms with Crippen molar-refractivity contribution >= 4 is 0 Å². The molecule has 0 radical (unpaired) electrons. The van der Waals surface area contributed by atoms with E-state index in [0.717, 1.165) is 30.4 Å². The molecule has 1 aliphatic rings. The van der Waals surface area contributed by atoms with Gasteiger partial charge in [-0.05, 0) is 48.9 Å². The van der Waals surface area contributed by atoms with Crippen molar-refractivity contribution in [1.82, 2.24) is 15.8 Å². The molecule has 3 nitrogen and oxygen atoms in total. The fraction of sp³-hybridized carbons (Fsp3) is 0.294. The summed E-state index contributed by atoms with van der Waals surface area (Å²) in [7, 11) is 2.05. The van der Waals surface area contributed by atoms with Crippen molar-refractivity contribution in [3.63, 3.8) is 0 Å². The number of rotatable bonds is 2. The van der Waals surface area contributed by atoms with Crippen molar-refractivity contribution < 1.29 is 8.78 Å². The highest BCUT2D eigenvalue weighted by Crippen LogP contribution is 2.28. The van der Waals surface area contributed by atoms with Gasteiger partial charge in [-0.2, -0.15) is 0 Å². The third kappa shape index (κ3) is 2.88. The van der Waals surface area contributed by atoms with Crippen LogP contribution in [0.4, 0.5) is 8.78 Å². The van der Waals surface area contributed by atoms with E-state index < -0.39 is 11.6 Å². The van der Waals surface area contributed by atoms with Gasteiger partial charge in [0.15, 0.2) is 11.6 Å². The van der Waals surface area contributed by atoms with Crippen LogP contribution in [0.2, 0.25) is 0 Å². The number of nitrogens with one attached hydrogen (secondary N) is 2. The number of hydrogen-bond donors (Lipinski definition) is 2. The van der Waals surface area contributed by atoms with Gasteiger partial charge in [0, 0.05) is 6.54 Å². The Morgan fingerprint density at radius 2 is 1.82 bits per heavy atom. The molecule has 0 aliphatic carbocycles. The molecule has 2 aromatic rings. The first-order valence-corrected chi connectivity index (χ1v) is 7.22. The molecule has 2 N–H and O–H groups in total. The van der Waals surface area contributed by atoms with Crippen LogP contribution in [0.1, 0.15) is 12.5 Å². The maximum Gasteiger partial charge on any atom is 0.159 e. The second-order valence-electron chi connectivity index (χ2n) is 6.02. The fourth-order valence-electron chi connectivity index (χ4n) is 2.89. The summed E-state index contributed by atoms with van der Waals surface area (Å²) in [6.45, 7) is 3.74. The molecule has 0 saturated carbocycles. The normalized spacial score (nSPS) is 22.7. The Hall–Kier alpha value is -1.82. The summed E-state index contributed by atoms with van der Waals surface area (Å²) in [5.41, 5.74) is 8.86. The number of hydrogen-bond acceptors (Lipinski definition) is 3. The number of nitrogens with zero attached hydrogens (tertiary/aromatic N) is 1. The van der Waals surface area contributed by atoms with Gasteiger partial charge in [-0.15, -0.1) is 0 Å². The lowest BCUT2D eigenvalue weighted by Crippen LogP contribution is -2.61. The highest BCUT2D eigenvalue weighted by Gasteiger charge is 2.31. The van der Waals surface area contributed by atoms with E-state index in [4.69, 9.17) is 0 Å². The molecule has 22 heavy (non-hydrogen) atoms. The van der Waals surface area contributed by atoms with Crippen LogP contribution in [-0.2, 0) is 5.54 Å². The molecule has 3 rings (SSSR count). The van der Waals surface area contributed by atoms with Crippen LogP contribution in [0.3, 0.4) is 0 Å². The average Bonchev–Trinajstić information content (AvgIpc) is 2.50. The molecule has 0 aromatic heterocycles. The highest BCUT2D eigenvalue weighted by atomic mass is 19.2. The minimum Gasteiger partial charge on any atom is -0.290 e. The van der Waals surface area contributed by atoms with Gasteiger partial charge in [-0.3, -0.25) is 4.90 Å². The van der Waals surface area contributed by atoms with E-state index in [1.807, 2.05) is 31.3 Å². The molecule has 116 valence electrons. The minimum atomic E-state index is -0.827. The summed E-state index contributed by atoms with van der Waals surface area (Å²) in [6, 6.07) is 11.9. The monoisotopic (exact) mass is 303 g/mol. The Bertz CT molecular complexity index is 689. The number of likely N-dealkylation sites (N-methyl/N-ethyl adjacent to an activating group) is 1. The first-order chi connectivity index (χ1) is 10.5. The van der Waals surface area contributed by atoms with Crippen molar-refractivity contribution in [2.24, 2.45) is 0 Å². The van der Waals surface area contributed by atoms with Gasteiger partial charge in [0.2, 0.25) is 0 Å². The Labute approximate surface area is 128 Å². The van der Waals surface area contributed by atoms with E-state index in [1.165, 1.54) is 6.07 Å². The SMILES string of the molecule is CN1CNNC(C)(c2cccc(-c3ccc(F)c(F)c3)c2)C1. The molecular weight excluding hydrogens is 284 g/mol. The zero-order valence-electron chi connectivity index (χ0n) is 12.7. The van der Waals surface area contributed by atoms with E-state index in [9.17, 15) is 8.78 Å². The van der Waals surface area contributed by atoms with Crippen LogP contribution >= 0.6 is 0 Å². The number of hydrazine groups is 1. The molecule has 0 spiro atoms. The molecule has 1 saturated heterocycles. The van der Waals surface area contributed by atoms with Gasteiger partial charge in [-0.25, -0.2) is 19.6 Å². The topological polar surface area (TPSA) is 27.3 Å². The minimum absolute atomic E-state index is 0.248. The molecule has 0 amide bonds. The van der Waals surface area contributed by atoms with Gasteiger partial charge >= 0.3 is 0 Å². The number of benzene rings is 2. The van der Waals surface area contributed by atoms with Crippen LogP contribution in [0.25, 0.3) is 11.1 Å². The van der Waals surface area contributed by atoms with E-state index >= 15 is 0 Å². The van der Waals surface area contributed by atoms with E-state index in [2.05, 4.69) is 22.7 Å². The molecule has 2 aromatic carbocycles. The summed E-state index contributed by atoms with van der Waals surface area (Å²) in [5, 5.41) is 0. The van der Waals surface area contributed by atoms with Crippen molar-refractivity contribution in [2.75, 3.05) is 20.3 Å². The highest BCUT2D eigenvalue weighted by molar-refractivity contribution is 5.64. The zero-order valence-corrected chi connectivity index (χ0v) is 12.7. The van der Waals surface area contributed by atoms with Gasteiger partial charge in [-0.1, -0.05) is 24.3 Å². The fourth-order valence-corrected chi connectivity index (χ4v) is 2.89. The predicted octanol–water partition coefficient (Wildman–Crippen LogP) is 2.84. The molecule has 1 unspecified atom stereocenters. The second kappa shape index (κ2) is 5.76. The maximum absolute atomic E-state index is 13.4. The first kappa shape index (κ1) is 15.1. The Balaban J connectivity index is 1.97. The van der Waals surface area contributed by atoms with Crippen LogP contribution in [-0.4, -0.2) is 25.2 Å². The van der Waals surface area contributed by atoms with Gasteiger partial charge in [0.05, 0.1) is 12.2 Å². The lowest BCUT2D eigenvalue weighted by atomic mass is 9.89. The summed E-state index contributed by atoms with van der Waals surface area (Å²) in [6.07, 6.45) is 0. The average molecular weight is 303 g/mol. The molecule has 1 atom stereocenters. The standard InChI is InChI=1S/C17H19F2N3/c1-17(10-22(2)11-20-21-17)14-5-3-4-12(8-14)13-6-7-15(18)16(19)9-13/h3-9,20-21H,10-11H2,1-2H3. The Kier molecular flexibility index (Phi) is 3.95. The molecule has 0 bridgehead atoms. The summed E-state index contributed by atoms with van der Waals surface area (Å²) < 4.78 is 26.5. The van der Waals surface area contributed by atoms with Gasteiger partial charge < -0.3 is 0 Å². The summed E-state index contributed by atoms with van der Waals surface area (Å²) in [5.74, 6) is -1.65. The molecule has 1 aliphatic heterocycles. The van der Waals surface area contributed by atoms with Crippen molar-refractivity contribution in [1.29, 1.82) is 0 Å². The van der Waals surface area contributed by atoms with Gasteiger partial charge in [0.25, 0.3) is 0 Å². The van der Waals surface area contributed by atoms with Crippen LogP contribution in [0.15, 0.2) is 42.5 Å². The van der Waals surface area contributed by atoms with Crippen molar-refractivity contribution in [3.8, 4) is 11.1 Å².